The maximum absolute atomic E-state index is 14.1. The zero-order valence-corrected chi connectivity index (χ0v) is 12.6. The van der Waals surface area contributed by atoms with Crippen molar-refractivity contribution < 1.29 is 9.31 Å². The van der Waals surface area contributed by atoms with Gasteiger partial charge in [-0.2, -0.15) is 5.10 Å². The first-order valence-corrected chi connectivity index (χ1v) is 6.96. The number of halogens is 2. The van der Waals surface area contributed by atoms with Gasteiger partial charge in [0.1, 0.15) is 17.8 Å². The third kappa shape index (κ3) is 2.60. The van der Waals surface area contributed by atoms with E-state index in [1.807, 2.05) is 0 Å². The van der Waals surface area contributed by atoms with Crippen LogP contribution in [-0.2, 0) is 0 Å². The Morgan fingerprint density at radius 2 is 1.91 bits per heavy atom. The van der Waals surface area contributed by atoms with Gasteiger partial charge in [-0.15, -0.1) is 0 Å². The molecule has 0 N–H and O–H groups in total. The predicted molar refractivity (Wildman–Crippen MR) is 81.1 cm³/mol. The van der Waals surface area contributed by atoms with E-state index in [-0.39, 0.29) is 11.4 Å². The molecule has 0 bridgehead atoms. The second-order valence-electron chi connectivity index (χ2n) is 4.40. The van der Waals surface area contributed by atoms with E-state index in [4.69, 9.17) is 0 Å². The van der Waals surface area contributed by atoms with Gasteiger partial charge < -0.3 is 0 Å². The van der Waals surface area contributed by atoms with E-state index in [0.29, 0.717) is 15.9 Å². The maximum atomic E-state index is 14.1. The molecule has 3 aromatic rings. The lowest BCUT2D eigenvalue weighted by Gasteiger charge is -2.07. The van der Waals surface area contributed by atoms with Gasteiger partial charge in [0.2, 0.25) is 0 Å². The highest BCUT2D eigenvalue weighted by atomic mass is 79.9. The average molecular weight is 363 g/mol. The fourth-order valence-electron chi connectivity index (χ4n) is 2.00. The van der Waals surface area contributed by atoms with Crippen LogP contribution in [0.2, 0.25) is 0 Å². The van der Waals surface area contributed by atoms with Crippen molar-refractivity contribution in [2.75, 3.05) is 0 Å². The minimum absolute atomic E-state index is 0.0235. The van der Waals surface area contributed by atoms with Crippen LogP contribution in [0.1, 0.15) is 0 Å². The molecule has 0 amide bonds. The molecule has 0 unspecified atom stereocenters. The van der Waals surface area contributed by atoms with E-state index in [2.05, 4.69) is 26.0 Å². The van der Waals surface area contributed by atoms with E-state index >= 15 is 0 Å². The summed E-state index contributed by atoms with van der Waals surface area (Å²) in [5.74, 6) is -0.0563. The first-order chi connectivity index (χ1) is 10.6. The zero-order valence-electron chi connectivity index (χ0n) is 11.0. The van der Waals surface area contributed by atoms with Crippen LogP contribution in [0.15, 0.2) is 53.3 Å². The summed E-state index contributed by atoms with van der Waals surface area (Å²) in [6.45, 7) is 0. The highest BCUT2D eigenvalue weighted by Crippen LogP contribution is 2.25. The number of rotatable bonds is 3. The molecular formula is C14H8BrFN4O2. The SMILES string of the molecule is O=[N+]([O-])c1ccc(-c2ncnn2-c2ccc(Br)cc2F)cc1. The number of nitro groups is 1. The molecule has 8 heteroatoms. The molecule has 0 saturated carbocycles. The molecule has 0 aliphatic rings. The number of nitro benzene ring substituents is 1. The molecule has 1 aromatic heterocycles. The molecule has 2 aromatic carbocycles. The van der Waals surface area contributed by atoms with E-state index in [0.717, 1.165) is 0 Å². The number of aromatic nitrogens is 3. The van der Waals surface area contributed by atoms with Gasteiger partial charge in [-0.1, -0.05) is 15.9 Å². The van der Waals surface area contributed by atoms with Crippen molar-refractivity contribution in [2.24, 2.45) is 0 Å². The zero-order chi connectivity index (χ0) is 15.7. The first kappa shape index (κ1) is 14.3. The van der Waals surface area contributed by atoms with E-state index in [1.54, 1.807) is 24.3 Å². The lowest BCUT2D eigenvalue weighted by molar-refractivity contribution is -0.384. The maximum Gasteiger partial charge on any atom is 0.269 e. The molecule has 0 spiro atoms. The lowest BCUT2D eigenvalue weighted by atomic mass is 10.2. The number of benzene rings is 2. The Bertz CT molecular complexity index is 848. The van der Waals surface area contributed by atoms with Crippen molar-refractivity contribution in [2.45, 2.75) is 0 Å². The van der Waals surface area contributed by atoms with Crippen LogP contribution < -0.4 is 0 Å². The molecule has 0 saturated heterocycles. The number of nitrogens with zero attached hydrogens (tertiary/aromatic N) is 4. The van der Waals surface area contributed by atoms with Crippen molar-refractivity contribution in [3.8, 4) is 17.1 Å². The Labute approximate surface area is 132 Å². The standard InChI is InChI=1S/C14H8BrFN4O2/c15-10-3-6-13(12(16)7-10)19-14(17-8-18-19)9-1-4-11(5-2-9)20(21)22/h1-8H. The quantitative estimate of drug-likeness (QED) is 0.525. The Balaban J connectivity index is 2.07. The van der Waals surface area contributed by atoms with Crippen LogP contribution in [0.3, 0.4) is 0 Å². The molecule has 22 heavy (non-hydrogen) atoms. The van der Waals surface area contributed by atoms with Crippen molar-refractivity contribution in [3.05, 3.63) is 69.2 Å². The first-order valence-electron chi connectivity index (χ1n) is 6.16. The summed E-state index contributed by atoms with van der Waals surface area (Å²) in [5, 5.41) is 14.7. The second kappa shape index (κ2) is 5.64. The summed E-state index contributed by atoms with van der Waals surface area (Å²) in [6, 6.07) is 10.4. The highest BCUT2D eigenvalue weighted by molar-refractivity contribution is 9.10. The minimum Gasteiger partial charge on any atom is -0.258 e. The van der Waals surface area contributed by atoms with Crippen LogP contribution in [0.25, 0.3) is 17.1 Å². The van der Waals surface area contributed by atoms with E-state index in [1.165, 1.54) is 29.2 Å². The second-order valence-corrected chi connectivity index (χ2v) is 5.31. The summed E-state index contributed by atoms with van der Waals surface area (Å²) in [6.07, 6.45) is 1.30. The molecule has 6 nitrogen and oxygen atoms in total. The molecule has 3 rings (SSSR count). The largest absolute Gasteiger partial charge is 0.269 e. The molecule has 1 heterocycles. The Kier molecular flexibility index (Phi) is 3.68. The third-order valence-corrected chi connectivity index (χ3v) is 3.52. The van der Waals surface area contributed by atoms with E-state index < -0.39 is 10.7 Å². The van der Waals surface area contributed by atoms with Gasteiger partial charge in [0.25, 0.3) is 5.69 Å². The molecule has 0 aliphatic heterocycles. The molecule has 0 atom stereocenters. The molecule has 0 fully saturated rings. The number of non-ortho nitro benzene ring substituents is 1. The van der Waals surface area contributed by atoms with Crippen molar-refractivity contribution in [3.63, 3.8) is 0 Å². The van der Waals surface area contributed by atoms with Gasteiger partial charge >= 0.3 is 0 Å². The highest BCUT2D eigenvalue weighted by Gasteiger charge is 2.14. The van der Waals surface area contributed by atoms with Gasteiger partial charge in [-0.05, 0) is 30.3 Å². The Morgan fingerprint density at radius 3 is 2.55 bits per heavy atom. The number of hydrogen-bond acceptors (Lipinski definition) is 4. The summed E-state index contributed by atoms with van der Waals surface area (Å²) >= 11 is 3.20. The van der Waals surface area contributed by atoms with Gasteiger partial charge in [-0.25, -0.2) is 14.1 Å². The predicted octanol–water partition coefficient (Wildman–Crippen LogP) is 3.74. The Hall–Kier alpha value is -2.61. The monoisotopic (exact) mass is 362 g/mol. The Morgan fingerprint density at radius 1 is 1.18 bits per heavy atom. The topological polar surface area (TPSA) is 73.8 Å². The van der Waals surface area contributed by atoms with Gasteiger partial charge in [-0.3, -0.25) is 10.1 Å². The smallest absolute Gasteiger partial charge is 0.258 e. The minimum atomic E-state index is -0.483. The summed E-state index contributed by atoms with van der Waals surface area (Å²) in [5.41, 5.74) is 0.823. The van der Waals surface area contributed by atoms with Crippen molar-refractivity contribution in [1.82, 2.24) is 14.8 Å². The molecule has 0 aliphatic carbocycles. The summed E-state index contributed by atoms with van der Waals surface area (Å²) in [7, 11) is 0. The molecule has 0 radical (unpaired) electrons. The third-order valence-electron chi connectivity index (χ3n) is 3.02. The fraction of sp³-hybridized carbons (Fsp3) is 0. The van der Waals surface area contributed by atoms with Crippen LogP contribution in [0.5, 0.6) is 0 Å². The fourth-order valence-corrected chi connectivity index (χ4v) is 2.33. The molecule has 110 valence electrons. The number of hydrogen-bond donors (Lipinski definition) is 0. The van der Waals surface area contributed by atoms with Crippen LogP contribution >= 0.6 is 15.9 Å². The van der Waals surface area contributed by atoms with Crippen molar-refractivity contribution >= 4 is 21.6 Å². The lowest BCUT2D eigenvalue weighted by Crippen LogP contribution is -2.02. The normalized spacial score (nSPS) is 10.6. The van der Waals surface area contributed by atoms with Gasteiger partial charge in [0, 0.05) is 22.2 Å². The van der Waals surface area contributed by atoms with Crippen LogP contribution in [-0.4, -0.2) is 19.7 Å². The van der Waals surface area contributed by atoms with Gasteiger partial charge in [0.15, 0.2) is 5.82 Å². The average Bonchev–Trinajstić information content (AvgIpc) is 2.96. The van der Waals surface area contributed by atoms with E-state index in [9.17, 15) is 14.5 Å². The summed E-state index contributed by atoms with van der Waals surface area (Å²) < 4.78 is 16.0. The summed E-state index contributed by atoms with van der Waals surface area (Å²) in [4.78, 5) is 14.3. The van der Waals surface area contributed by atoms with Crippen molar-refractivity contribution in [1.29, 1.82) is 0 Å². The van der Waals surface area contributed by atoms with Crippen LogP contribution in [0, 0.1) is 15.9 Å². The molecular weight excluding hydrogens is 355 g/mol. The van der Waals surface area contributed by atoms with Gasteiger partial charge in [0.05, 0.1) is 4.92 Å². The van der Waals surface area contributed by atoms with Crippen LogP contribution in [0.4, 0.5) is 10.1 Å².